The molecule has 7 heteroatoms. The normalized spacial score (nSPS) is 12.5. The van der Waals surface area contributed by atoms with Crippen molar-refractivity contribution in [3.8, 4) is 0 Å². The lowest BCUT2D eigenvalue weighted by Gasteiger charge is -2.21. The molecule has 134 valence electrons. The molecule has 1 heterocycles. The fourth-order valence-corrected chi connectivity index (χ4v) is 2.16. The van der Waals surface area contributed by atoms with Crippen LogP contribution < -0.4 is 16.2 Å². The molecule has 1 unspecified atom stereocenters. The minimum atomic E-state index is -0.545. The maximum Gasteiger partial charge on any atom is 0.407 e. The second-order valence-electron chi connectivity index (χ2n) is 6.79. The maximum atomic E-state index is 12.4. The molecule has 0 saturated carbocycles. The van der Waals surface area contributed by atoms with Crippen LogP contribution in [0.15, 0.2) is 36.7 Å². The molecule has 1 aromatic heterocycles. The van der Waals surface area contributed by atoms with Crippen LogP contribution in [-0.2, 0) is 4.74 Å². The SMILES string of the molecule is CC(CNC(=O)OC(C)(C)C)NNC(=O)c1cncc2ccccc12. The Hall–Kier alpha value is -2.67. The number of benzene rings is 1. The molecule has 0 aliphatic heterocycles. The molecule has 0 saturated heterocycles. The highest BCUT2D eigenvalue weighted by molar-refractivity contribution is 6.06. The van der Waals surface area contributed by atoms with Gasteiger partial charge < -0.3 is 10.1 Å². The van der Waals surface area contributed by atoms with Gasteiger partial charge in [0.05, 0.1) is 5.56 Å². The van der Waals surface area contributed by atoms with Crippen LogP contribution in [-0.4, -0.2) is 35.2 Å². The summed E-state index contributed by atoms with van der Waals surface area (Å²) < 4.78 is 5.16. The van der Waals surface area contributed by atoms with Crippen LogP contribution in [0.3, 0.4) is 0 Å². The number of rotatable bonds is 5. The summed E-state index contributed by atoms with van der Waals surface area (Å²) >= 11 is 0. The van der Waals surface area contributed by atoms with Gasteiger partial charge in [0.2, 0.25) is 0 Å². The molecular weight excluding hydrogens is 320 g/mol. The third kappa shape index (κ3) is 5.72. The molecule has 2 rings (SSSR count). The van der Waals surface area contributed by atoms with Gasteiger partial charge in [0.15, 0.2) is 0 Å². The number of hydrogen-bond donors (Lipinski definition) is 3. The van der Waals surface area contributed by atoms with Gasteiger partial charge in [0, 0.05) is 30.4 Å². The fraction of sp³-hybridized carbons (Fsp3) is 0.389. The van der Waals surface area contributed by atoms with E-state index in [-0.39, 0.29) is 11.9 Å². The molecule has 25 heavy (non-hydrogen) atoms. The first-order valence-electron chi connectivity index (χ1n) is 8.12. The number of fused-ring (bicyclic) bond motifs is 1. The van der Waals surface area contributed by atoms with Crippen LogP contribution in [0.1, 0.15) is 38.1 Å². The van der Waals surface area contributed by atoms with E-state index in [9.17, 15) is 9.59 Å². The van der Waals surface area contributed by atoms with Crippen molar-refractivity contribution < 1.29 is 14.3 Å². The van der Waals surface area contributed by atoms with E-state index < -0.39 is 11.7 Å². The Labute approximate surface area is 147 Å². The topological polar surface area (TPSA) is 92.4 Å². The van der Waals surface area contributed by atoms with Crippen molar-refractivity contribution in [2.75, 3.05) is 6.54 Å². The van der Waals surface area contributed by atoms with Gasteiger partial charge in [-0.3, -0.25) is 15.2 Å². The van der Waals surface area contributed by atoms with E-state index in [4.69, 9.17) is 4.74 Å². The lowest BCUT2D eigenvalue weighted by molar-refractivity contribution is 0.0523. The second kappa shape index (κ2) is 7.94. The number of nitrogens with zero attached hydrogens (tertiary/aromatic N) is 1. The van der Waals surface area contributed by atoms with Crippen molar-refractivity contribution in [3.05, 3.63) is 42.2 Å². The Morgan fingerprint density at radius 3 is 2.64 bits per heavy atom. The molecule has 3 N–H and O–H groups in total. The minimum Gasteiger partial charge on any atom is -0.444 e. The van der Waals surface area contributed by atoms with E-state index in [0.29, 0.717) is 12.1 Å². The number of carbonyl (C=O) groups excluding carboxylic acids is 2. The zero-order valence-electron chi connectivity index (χ0n) is 14.9. The van der Waals surface area contributed by atoms with Crippen LogP contribution in [0.5, 0.6) is 0 Å². The van der Waals surface area contributed by atoms with Crippen molar-refractivity contribution in [3.63, 3.8) is 0 Å². The predicted octanol–water partition coefficient (Wildman–Crippen LogP) is 2.38. The van der Waals surface area contributed by atoms with Crippen molar-refractivity contribution >= 4 is 22.8 Å². The van der Waals surface area contributed by atoms with Crippen LogP contribution in [0.4, 0.5) is 4.79 Å². The predicted molar refractivity (Wildman–Crippen MR) is 96.0 cm³/mol. The molecule has 0 bridgehead atoms. The van der Waals surface area contributed by atoms with E-state index in [1.54, 1.807) is 27.0 Å². The molecule has 0 radical (unpaired) electrons. The van der Waals surface area contributed by atoms with Crippen molar-refractivity contribution in [1.29, 1.82) is 0 Å². The molecule has 1 atom stereocenters. The Morgan fingerprint density at radius 2 is 1.92 bits per heavy atom. The van der Waals surface area contributed by atoms with Gasteiger partial charge in [-0.2, -0.15) is 0 Å². The van der Waals surface area contributed by atoms with Gasteiger partial charge in [-0.25, -0.2) is 10.2 Å². The first-order valence-corrected chi connectivity index (χ1v) is 8.12. The smallest absolute Gasteiger partial charge is 0.407 e. The van der Waals surface area contributed by atoms with E-state index >= 15 is 0 Å². The summed E-state index contributed by atoms with van der Waals surface area (Å²) in [5.41, 5.74) is 5.45. The average molecular weight is 344 g/mol. The summed E-state index contributed by atoms with van der Waals surface area (Å²) in [6, 6.07) is 7.37. The van der Waals surface area contributed by atoms with Crippen molar-refractivity contribution in [2.24, 2.45) is 0 Å². The number of hydrogen-bond acceptors (Lipinski definition) is 5. The number of amides is 2. The molecule has 0 aliphatic rings. The second-order valence-corrected chi connectivity index (χ2v) is 6.79. The van der Waals surface area contributed by atoms with Crippen LogP contribution in [0, 0.1) is 0 Å². The van der Waals surface area contributed by atoms with E-state index in [1.807, 2.05) is 31.2 Å². The summed E-state index contributed by atoms with van der Waals surface area (Å²) in [7, 11) is 0. The quantitative estimate of drug-likeness (QED) is 0.724. The zero-order valence-corrected chi connectivity index (χ0v) is 14.9. The maximum absolute atomic E-state index is 12.4. The Morgan fingerprint density at radius 1 is 1.20 bits per heavy atom. The largest absolute Gasteiger partial charge is 0.444 e. The van der Waals surface area contributed by atoms with Gasteiger partial charge in [-0.1, -0.05) is 24.3 Å². The third-order valence-corrected chi connectivity index (χ3v) is 3.30. The lowest BCUT2D eigenvalue weighted by atomic mass is 10.1. The summed E-state index contributed by atoms with van der Waals surface area (Å²) in [4.78, 5) is 28.1. The molecule has 7 nitrogen and oxygen atoms in total. The lowest BCUT2D eigenvalue weighted by Crippen LogP contribution is -2.48. The van der Waals surface area contributed by atoms with Gasteiger partial charge in [0.1, 0.15) is 5.60 Å². The summed E-state index contributed by atoms with van der Waals surface area (Å²) in [6.07, 6.45) is 2.75. The molecule has 2 aromatic rings. The van der Waals surface area contributed by atoms with Gasteiger partial charge in [-0.05, 0) is 33.1 Å². The molecule has 0 fully saturated rings. The summed E-state index contributed by atoms with van der Waals surface area (Å²) in [5.74, 6) is -0.284. The van der Waals surface area contributed by atoms with Crippen LogP contribution in [0.2, 0.25) is 0 Å². The van der Waals surface area contributed by atoms with E-state index in [0.717, 1.165) is 10.8 Å². The molecule has 0 aliphatic carbocycles. The van der Waals surface area contributed by atoms with Gasteiger partial charge in [-0.15, -0.1) is 0 Å². The number of nitrogens with one attached hydrogen (secondary N) is 3. The molecule has 0 spiro atoms. The summed E-state index contributed by atoms with van der Waals surface area (Å²) in [5, 5.41) is 4.37. The monoisotopic (exact) mass is 344 g/mol. The number of ether oxygens (including phenoxy) is 1. The number of carbonyl (C=O) groups is 2. The van der Waals surface area contributed by atoms with Crippen molar-refractivity contribution in [2.45, 2.75) is 39.3 Å². The number of pyridine rings is 1. The number of aromatic nitrogens is 1. The highest BCUT2D eigenvalue weighted by Crippen LogP contribution is 2.16. The molecular formula is C18H24N4O3. The fourth-order valence-electron chi connectivity index (χ4n) is 2.16. The Balaban J connectivity index is 1.86. The third-order valence-electron chi connectivity index (χ3n) is 3.30. The molecule has 1 aromatic carbocycles. The molecule has 2 amide bonds. The average Bonchev–Trinajstić information content (AvgIpc) is 2.55. The van der Waals surface area contributed by atoms with Crippen molar-refractivity contribution in [1.82, 2.24) is 21.2 Å². The minimum absolute atomic E-state index is 0.181. The first-order chi connectivity index (χ1) is 11.8. The first kappa shape index (κ1) is 18.7. The van der Waals surface area contributed by atoms with E-state index in [1.165, 1.54) is 6.20 Å². The number of hydrazine groups is 1. The standard InChI is InChI=1S/C18H24N4O3/c1-12(9-20-17(24)25-18(2,3)4)21-22-16(23)15-11-19-10-13-7-5-6-8-14(13)15/h5-8,10-12,21H,9H2,1-4H3,(H,20,24)(H,22,23). The highest BCUT2D eigenvalue weighted by atomic mass is 16.6. The highest BCUT2D eigenvalue weighted by Gasteiger charge is 2.17. The van der Waals surface area contributed by atoms with Gasteiger partial charge in [0.25, 0.3) is 5.91 Å². The van der Waals surface area contributed by atoms with Crippen LogP contribution >= 0.6 is 0 Å². The Bertz CT molecular complexity index is 750. The van der Waals surface area contributed by atoms with E-state index in [2.05, 4.69) is 21.2 Å². The zero-order chi connectivity index (χ0) is 18.4. The Kier molecular flexibility index (Phi) is 5.93. The van der Waals surface area contributed by atoms with Crippen LogP contribution in [0.25, 0.3) is 10.8 Å². The number of alkyl carbamates (subject to hydrolysis) is 1. The summed E-state index contributed by atoms with van der Waals surface area (Å²) in [6.45, 7) is 7.54. The van der Waals surface area contributed by atoms with Gasteiger partial charge >= 0.3 is 6.09 Å².